The molecule has 3 N–H and O–H groups in total. The lowest BCUT2D eigenvalue weighted by Crippen LogP contribution is -2.50. The average molecular weight is 966 g/mol. The lowest BCUT2D eigenvalue weighted by molar-refractivity contribution is -0.142. The third-order valence-corrected chi connectivity index (χ3v) is 14.3. The van der Waals surface area contributed by atoms with E-state index in [0.717, 1.165) is 37.8 Å². The van der Waals surface area contributed by atoms with Gasteiger partial charge in [-0.05, 0) is 104 Å². The van der Waals surface area contributed by atoms with Crippen molar-refractivity contribution in [3.8, 4) is 12.1 Å². The summed E-state index contributed by atoms with van der Waals surface area (Å²) in [6.07, 6.45) is 1.67. The number of nitrogens with two attached hydrogens (primary N) is 1. The Bertz CT molecular complexity index is 2590. The lowest BCUT2D eigenvalue weighted by atomic mass is 9.88. The Morgan fingerprint density at radius 1 is 0.781 bits per heavy atom. The number of sulfonamides is 2. The van der Waals surface area contributed by atoms with Crippen LogP contribution >= 0.6 is 23.2 Å². The topological polar surface area (TPSA) is 204 Å². The molecule has 2 atom stereocenters. The van der Waals surface area contributed by atoms with E-state index >= 15 is 0 Å². The molecular formula is C43H49Cl2F3N8O6S2. The molecule has 0 saturated carbocycles. The maximum atomic E-state index is 14.1. The van der Waals surface area contributed by atoms with Crippen LogP contribution < -0.4 is 9.86 Å². The SMILES string of the molecule is CC1CCN(C(=O)C(CCn2cccc2C#N)NS(=O)(=O)c2cc(Cl)cc(Cl)c2)CC1.CC1CCN(C(=O)C(CCn2cccc2C#N)c2cccc(S(N)(=O)=O)c2C(F)(F)F)CC1. The summed E-state index contributed by atoms with van der Waals surface area (Å²) in [6.45, 7) is 6.62. The summed E-state index contributed by atoms with van der Waals surface area (Å²) in [5.74, 6) is -1.09. The number of benzene rings is 2. The molecule has 2 aliphatic rings. The van der Waals surface area contributed by atoms with Crippen LogP contribution in [-0.2, 0) is 48.9 Å². The number of nitriles is 2. The van der Waals surface area contributed by atoms with Gasteiger partial charge < -0.3 is 18.9 Å². The van der Waals surface area contributed by atoms with Gasteiger partial charge in [0.1, 0.15) is 29.6 Å². The van der Waals surface area contributed by atoms with E-state index in [1.54, 1.807) is 50.7 Å². The van der Waals surface area contributed by atoms with Gasteiger partial charge in [0, 0.05) is 61.7 Å². The normalized spacial score (nSPS) is 16.3. The molecule has 0 bridgehead atoms. The predicted molar refractivity (Wildman–Crippen MR) is 234 cm³/mol. The summed E-state index contributed by atoms with van der Waals surface area (Å²) < 4.78 is 98.0. The van der Waals surface area contributed by atoms with Crippen LogP contribution in [0, 0.1) is 34.5 Å². The number of aryl methyl sites for hydroxylation is 2. The zero-order chi connectivity index (χ0) is 47.0. The summed E-state index contributed by atoms with van der Waals surface area (Å²) >= 11 is 11.9. The van der Waals surface area contributed by atoms with E-state index in [1.807, 2.05) is 13.0 Å². The molecule has 14 nitrogen and oxygen atoms in total. The third kappa shape index (κ3) is 12.9. The smallest absolute Gasteiger partial charge is 0.342 e. The number of hydrogen-bond donors (Lipinski definition) is 2. The Labute approximate surface area is 381 Å². The van der Waals surface area contributed by atoms with Crippen LogP contribution in [0.15, 0.2) is 82.8 Å². The van der Waals surface area contributed by atoms with Crippen molar-refractivity contribution in [1.29, 1.82) is 10.5 Å². The molecule has 2 unspecified atom stereocenters. The largest absolute Gasteiger partial charge is 0.418 e. The van der Waals surface area contributed by atoms with Gasteiger partial charge in [-0.15, -0.1) is 0 Å². The van der Waals surface area contributed by atoms with Crippen molar-refractivity contribution in [1.82, 2.24) is 23.7 Å². The minimum atomic E-state index is -5.04. The van der Waals surface area contributed by atoms with Gasteiger partial charge in [0.2, 0.25) is 31.9 Å². The molecule has 6 rings (SSSR count). The molecule has 21 heteroatoms. The Hall–Kier alpha value is -4.89. The Balaban J connectivity index is 0.000000241. The second-order valence-electron chi connectivity index (χ2n) is 16.1. The van der Waals surface area contributed by atoms with E-state index in [-0.39, 0.29) is 40.2 Å². The molecule has 0 spiro atoms. The van der Waals surface area contributed by atoms with Crippen molar-refractivity contribution in [3.63, 3.8) is 0 Å². The monoisotopic (exact) mass is 964 g/mol. The van der Waals surface area contributed by atoms with Crippen molar-refractivity contribution < 1.29 is 39.6 Å². The maximum absolute atomic E-state index is 14.1. The first kappa shape index (κ1) is 50.1. The number of carbonyl (C=O) groups excluding carboxylic acids is 2. The van der Waals surface area contributed by atoms with Crippen LogP contribution in [0.3, 0.4) is 0 Å². The van der Waals surface area contributed by atoms with E-state index in [1.165, 1.54) is 29.2 Å². The molecule has 0 aliphatic carbocycles. The highest BCUT2D eigenvalue weighted by Crippen LogP contribution is 2.41. The van der Waals surface area contributed by atoms with E-state index in [4.69, 9.17) is 28.3 Å². The summed E-state index contributed by atoms with van der Waals surface area (Å²) in [5.41, 5.74) is -1.09. The summed E-state index contributed by atoms with van der Waals surface area (Å²) in [5, 5.41) is 23.9. The fourth-order valence-corrected chi connectivity index (χ4v) is 10.6. The van der Waals surface area contributed by atoms with E-state index in [0.29, 0.717) is 55.9 Å². The van der Waals surface area contributed by atoms with Gasteiger partial charge in [0.25, 0.3) is 0 Å². The van der Waals surface area contributed by atoms with E-state index < -0.39 is 60.1 Å². The number of nitrogens with one attached hydrogen (secondary N) is 1. The average Bonchev–Trinajstić information content (AvgIpc) is 3.91. The first-order valence-electron chi connectivity index (χ1n) is 20.5. The summed E-state index contributed by atoms with van der Waals surface area (Å²) in [4.78, 5) is 28.8. The molecular weight excluding hydrogens is 917 g/mol. The van der Waals surface area contributed by atoms with Crippen molar-refractivity contribution in [3.05, 3.63) is 106 Å². The van der Waals surface area contributed by atoms with Gasteiger partial charge in [-0.1, -0.05) is 49.2 Å². The second-order valence-corrected chi connectivity index (χ2v) is 20.2. The zero-order valence-corrected chi connectivity index (χ0v) is 38.3. The molecule has 0 radical (unpaired) electrons. The number of rotatable bonds is 13. The predicted octanol–water partition coefficient (Wildman–Crippen LogP) is 7.12. The molecule has 4 heterocycles. The van der Waals surface area contributed by atoms with Gasteiger partial charge >= 0.3 is 6.18 Å². The quantitative estimate of drug-likeness (QED) is 0.141. The number of hydrogen-bond acceptors (Lipinski definition) is 8. The molecule has 2 aromatic carbocycles. The Kier molecular flexibility index (Phi) is 16.8. The minimum Gasteiger partial charge on any atom is -0.342 e. The molecule has 2 saturated heterocycles. The minimum absolute atomic E-state index is 0.0502. The molecule has 64 heavy (non-hydrogen) atoms. The number of halogens is 5. The van der Waals surface area contributed by atoms with Crippen LogP contribution in [0.5, 0.6) is 0 Å². The summed E-state index contributed by atoms with van der Waals surface area (Å²) in [6, 6.07) is 16.8. The molecule has 344 valence electrons. The number of nitrogens with zero attached hydrogens (tertiary/aromatic N) is 6. The van der Waals surface area contributed by atoms with Crippen molar-refractivity contribution in [2.24, 2.45) is 17.0 Å². The van der Waals surface area contributed by atoms with Crippen LogP contribution in [0.1, 0.15) is 80.8 Å². The fourth-order valence-electron chi connectivity index (χ4n) is 7.82. The number of carbonyl (C=O) groups is 2. The number of alkyl halides is 3. The second kappa shape index (κ2) is 21.4. The van der Waals surface area contributed by atoms with Gasteiger partial charge in [-0.3, -0.25) is 9.59 Å². The standard InChI is InChI=1S/C22H25F3N4O3S.C21H24Cl2N4O3S/c1-15-7-11-29(12-8-15)21(30)18(9-13-28-10-3-4-16(28)14-26)17-5-2-6-19(33(27,31)32)20(17)22(23,24)25;1-15-4-8-27(9-5-15)21(28)20(6-10-26-7-2-3-18(26)14-24)25-31(29,30)19-12-16(22)11-17(23)13-19/h2-6,10,15,18H,7-9,11-13H2,1H3,(H2,27,31,32);2-3,7,11-13,15,20,25H,4-6,8-10H2,1H3. The third-order valence-electron chi connectivity index (χ3n) is 11.5. The number of likely N-dealkylation sites (tertiary alicyclic amines) is 2. The van der Waals surface area contributed by atoms with E-state index in [2.05, 4.69) is 17.7 Å². The van der Waals surface area contributed by atoms with Crippen molar-refractivity contribution >= 4 is 55.1 Å². The number of piperidine rings is 2. The van der Waals surface area contributed by atoms with Crippen molar-refractivity contribution in [2.75, 3.05) is 26.2 Å². The van der Waals surface area contributed by atoms with Gasteiger partial charge in [-0.2, -0.15) is 28.4 Å². The molecule has 4 aromatic rings. The van der Waals surface area contributed by atoms with Crippen LogP contribution in [0.2, 0.25) is 10.0 Å². The number of amides is 2. The van der Waals surface area contributed by atoms with Crippen LogP contribution in [0.4, 0.5) is 13.2 Å². The molecule has 2 amide bonds. The first-order valence-corrected chi connectivity index (χ1v) is 24.3. The maximum Gasteiger partial charge on any atom is 0.418 e. The van der Waals surface area contributed by atoms with Gasteiger partial charge in [-0.25, -0.2) is 22.0 Å². The zero-order valence-electron chi connectivity index (χ0n) is 35.1. The fraction of sp³-hybridized carbons (Fsp3) is 0.442. The van der Waals surface area contributed by atoms with Crippen LogP contribution in [0.25, 0.3) is 0 Å². The van der Waals surface area contributed by atoms with Gasteiger partial charge in [0.05, 0.1) is 21.3 Å². The number of primary sulfonamides is 1. The molecule has 2 aromatic heterocycles. The highest BCUT2D eigenvalue weighted by molar-refractivity contribution is 7.89. The Morgan fingerprint density at radius 3 is 1.73 bits per heavy atom. The number of aromatic nitrogens is 2. The van der Waals surface area contributed by atoms with Crippen LogP contribution in [-0.4, -0.2) is 79.8 Å². The van der Waals surface area contributed by atoms with E-state index in [9.17, 15) is 50.1 Å². The van der Waals surface area contributed by atoms with Crippen molar-refractivity contribution in [2.45, 2.75) is 93.4 Å². The highest BCUT2D eigenvalue weighted by Gasteiger charge is 2.42. The Morgan fingerprint density at radius 2 is 1.27 bits per heavy atom. The lowest BCUT2D eigenvalue weighted by Gasteiger charge is -2.34. The van der Waals surface area contributed by atoms with Gasteiger partial charge in [0.15, 0.2) is 0 Å². The summed E-state index contributed by atoms with van der Waals surface area (Å²) in [7, 11) is -8.74. The molecule has 2 aliphatic heterocycles. The molecule has 2 fully saturated rings. The highest BCUT2D eigenvalue weighted by atomic mass is 35.5. The first-order chi connectivity index (χ1) is 30.1.